The summed E-state index contributed by atoms with van der Waals surface area (Å²) in [7, 11) is 0. The number of carbonyl (C=O) groups is 2. The molecule has 0 radical (unpaired) electrons. The van der Waals surface area contributed by atoms with Gasteiger partial charge in [-0.1, -0.05) is 18.2 Å². The molecule has 0 aliphatic carbocycles. The van der Waals surface area contributed by atoms with Crippen LogP contribution in [-0.4, -0.2) is 47.6 Å². The SMILES string of the molecule is CC(=NCCCC[C@H](NCC(C#N)C#N)C(=O)N(c1ccccc1)c1nccs1)NC(=O)OC(C)(C)C. The lowest BCUT2D eigenvalue weighted by atomic mass is 10.1. The van der Waals surface area contributed by atoms with Crippen LogP contribution in [0.2, 0.25) is 0 Å². The van der Waals surface area contributed by atoms with Crippen LogP contribution in [0.15, 0.2) is 46.9 Å². The number of thiazole rings is 1. The van der Waals surface area contributed by atoms with Crippen molar-refractivity contribution in [3.05, 3.63) is 41.9 Å². The zero-order valence-electron chi connectivity index (χ0n) is 21.6. The van der Waals surface area contributed by atoms with Crippen molar-refractivity contribution in [2.75, 3.05) is 18.0 Å². The third-order valence-electron chi connectivity index (χ3n) is 4.96. The van der Waals surface area contributed by atoms with E-state index in [0.29, 0.717) is 42.5 Å². The molecular weight excluding hydrogens is 490 g/mol. The predicted molar refractivity (Wildman–Crippen MR) is 143 cm³/mol. The van der Waals surface area contributed by atoms with Gasteiger partial charge in [-0.25, -0.2) is 9.78 Å². The van der Waals surface area contributed by atoms with E-state index in [-0.39, 0.29) is 12.5 Å². The van der Waals surface area contributed by atoms with E-state index < -0.39 is 23.7 Å². The molecule has 2 amide bonds. The van der Waals surface area contributed by atoms with E-state index in [4.69, 9.17) is 15.3 Å². The van der Waals surface area contributed by atoms with Gasteiger partial charge in [0, 0.05) is 24.7 Å². The van der Waals surface area contributed by atoms with E-state index >= 15 is 0 Å². The number of amidine groups is 1. The van der Waals surface area contributed by atoms with Crippen molar-refractivity contribution in [1.29, 1.82) is 10.5 Å². The molecular formula is C26H33N7O3S. The highest BCUT2D eigenvalue weighted by molar-refractivity contribution is 7.13. The summed E-state index contributed by atoms with van der Waals surface area (Å²) in [6.07, 6.45) is 2.86. The Morgan fingerprint density at radius 2 is 1.89 bits per heavy atom. The van der Waals surface area contributed by atoms with Crippen LogP contribution in [0.5, 0.6) is 0 Å². The highest BCUT2D eigenvalue weighted by Gasteiger charge is 2.28. The van der Waals surface area contributed by atoms with Crippen molar-refractivity contribution in [2.45, 2.75) is 58.6 Å². The number of hydrogen-bond acceptors (Lipinski definition) is 9. The van der Waals surface area contributed by atoms with Gasteiger partial charge in [0.15, 0.2) is 5.13 Å². The molecule has 0 aliphatic heterocycles. The number of ether oxygens (including phenoxy) is 1. The van der Waals surface area contributed by atoms with Crippen LogP contribution < -0.4 is 15.5 Å². The number of aromatic nitrogens is 1. The van der Waals surface area contributed by atoms with Crippen molar-refractivity contribution in [2.24, 2.45) is 10.9 Å². The number of amides is 2. The normalized spacial score (nSPS) is 12.4. The van der Waals surface area contributed by atoms with E-state index in [9.17, 15) is 9.59 Å². The third kappa shape index (κ3) is 10.4. The Bertz CT molecular complexity index is 1100. The molecule has 0 saturated carbocycles. The maximum atomic E-state index is 13.7. The van der Waals surface area contributed by atoms with Crippen LogP contribution >= 0.6 is 11.3 Å². The van der Waals surface area contributed by atoms with Crippen molar-refractivity contribution in [1.82, 2.24) is 15.6 Å². The van der Waals surface area contributed by atoms with Gasteiger partial charge in [-0.05, 0) is 59.1 Å². The lowest BCUT2D eigenvalue weighted by Crippen LogP contribution is -2.46. The van der Waals surface area contributed by atoms with E-state index in [2.05, 4.69) is 20.6 Å². The molecule has 1 aromatic carbocycles. The Morgan fingerprint density at radius 1 is 1.19 bits per heavy atom. The van der Waals surface area contributed by atoms with Gasteiger partial charge in [0.2, 0.25) is 5.91 Å². The summed E-state index contributed by atoms with van der Waals surface area (Å²) in [6.45, 7) is 7.57. The van der Waals surface area contributed by atoms with Gasteiger partial charge in [0.05, 0.1) is 23.9 Å². The number of carbonyl (C=O) groups excluding carboxylic acids is 2. The van der Waals surface area contributed by atoms with Crippen LogP contribution in [0.3, 0.4) is 0 Å². The summed E-state index contributed by atoms with van der Waals surface area (Å²) in [5.41, 5.74) is 0.0844. The van der Waals surface area contributed by atoms with Crippen LogP contribution in [0, 0.1) is 28.6 Å². The number of nitrogens with zero attached hydrogens (tertiary/aromatic N) is 5. The summed E-state index contributed by atoms with van der Waals surface area (Å²) >= 11 is 1.35. The van der Waals surface area contributed by atoms with E-state index in [1.807, 2.05) is 42.5 Å². The fourth-order valence-corrected chi connectivity index (χ4v) is 3.95. The molecule has 2 aromatic rings. The maximum absolute atomic E-state index is 13.7. The molecule has 2 rings (SSSR count). The monoisotopic (exact) mass is 523 g/mol. The zero-order chi connectivity index (χ0) is 27.3. The number of para-hydroxylation sites is 1. The fraction of sp³-hybridized carbons (Fsp3) is 0.462. The van der Waals surface area contributed by atoms with Gasteiger partial charge >= 0.3 is 6.09 Å². The second-order valence-corrected chi connectivity index (χ2v) is 10.1. The molecule has 0 aliphatic rings. The van der Waals surface area contributed by atoms with Gasteiger partial charge in [-0.3, -0.25) is 20.0 Å². The van der Waals surface area contributed by atoms with E-state index in [1.54, 1.807) is 44.2 Å². The first-order valence-corrected chi connectivity index (χ1v) is 12.8. The topological polar surface area (TPSA) is 143 Å². The van der Waals surface area contributed by atoms with Crippen LogP contribution in [-0.2, 0) is 9.53 Å². The number of unbranched alkanes of at least 4 members (excludes halogenated alkanes) is 1. The van der Waals surface area contributed by atoms with Gasteiger partial charge in [0.1, 0.15) is 17.4 Å². The quantitative estimate of drug-likeness (QED) is 0.250. The number of anilines is 2. The summed E-state index contributed by atoms with van der Waals surface area (Å²) in [6, 6.07) is 12.4. The molecule has 11 heteroatoms. The molecule has 0 bridgehead atoms. The first-order chi connectivity index (χ1) is 17.6. The number of alkyl carbamates (subject to hydrolysis) is 1. The second kappa shape index (κ2) is 14.7. The van der Waals surface area contributed by atoms with Gasteiger partial charge < -0.3 is 10.1 Å². The third-order valence-corrected chi connectivity index (χ3v) is 5.71. The molecule has 0 fully saturated rings. The molecule has 0 saturated heterocycles. The van der Waals surface area contributed by atoms with Crippen molar-refractivity contribution < 1.29 is 14.3 Å². The first-order valence-electron chi connectivity index (χ1n) is 12.0. The average molecular weight is 524 g/mol. The molecule has 2 N–H and O–H groups in total. The number of rotatable bonds is 11. The zero-order valence-corrected chi connectivity index (χ0v) is 22.4. The van der Waals surface area contributed by atoms with Gasteiger partial charge in [-0.15, -0.1) is 11.3 Å². The lowest BCUT2D eigenvalue weighted by Gasteiger charge is -2.26. The molecule has 1 atom stereocenters. The standard InChI is InChI=1S/C26H33N7O3S/c1-19(32-25(35)36-26(2,3)4)29-13-9-8-12-22(31-18-20(16-27)17-28)23(34)33(24-30-14-15-37-24)21-10-6-5-7-11-21/h5-7,10-11,14-15,20,22,31H,8-9,12-13,18H2,1-4H3,(H,29,32,35)/t22-/m0/s1. The van der Waals surface area contributed by atoms with Crippen LogP contribution in [0.25, 0.3) is 0 Å². The predicted octanol–water partition coefficient (Wildman–Crippen LogP) is 4.54. The Labute approximate surface area is 222 Å². The Kier molecular flexibility index (Phi) is 11.7. The molecule has 1 aromatic heterocycles. The Balaban J connectivity index is 2.06. The number of nitrogens with one attached hydrogen (secondary N) is 2. The molecule has 0 spiro atoms. The average Bonchev–Trinajstić information content (AvgIpc) is 3.37. The lowest BCUT2D eigenvalue weighted by molar-refractivity contribution is -0.120. The summed E-state index contributed by atoms with van der Waals surface area (Å²) < 4.78 is 5.22. The largest absolute Gasteiger partial charge is 0.444 e. The maximum Gasteiger partial charge on any atom is 0.413 e. The molecule has 196 valence electrons. The van der Waals surface area contributed by atoms with Gasteiger partial charge in [0.25, 0.3) is 0 Å². The summed E-state index contributed by atoms with van der Waals surface area (Å²) in [5.74, 6) is -0.640. The Morgan fingerprint density at radius 3 is 2.49 bits per heavy atom. The molecule has 1 heterocycles. The second-order valence-electron chi connectivity index (χ2n) is 9.19. The number of benzene rings is 1. The number of aliphatic imine (C=N–C) groups is 1. The molecule has 37 heavy (non-hydrogen) atoms. The summed E-state index contributed by atoms with van der Waals surface area (Å²) in [5, 5.41) is 26.4. The van der Waals surface area contributed by atoms with E-state index in [1.165, 1.54) is 11.3 Å². The highest BCUT2D eigenvalue weighted by Crippen LogP contribution is 2.28. The first kappa shape index (κ1) is 29.4. The van der Waals surface area contributed by atoms with Crippen molar-refractivity contribution in [3.8, 4) is 12.1 Å². The minimum atomic E-state index is -0.869. The number of nitriles is 2. The van der Waals surface area contributed by atoms with E-state index in [0.717, 1.165) is 0 Å². The van der Waals surface area contributed by atoms with Gasteiger partial charge in [-0.2, -0.15) is 10.5 Å². The molecule has 10 nitrogen and oxygen atoms in total. The summed E-state index contributed by atoms with van der Waals surface area (Å²) in [4.78, 5) is 35.8. The smallest absolute Gasteiger partial charge is 0.413 e. The Hall–Kier alpha value is -3.80. The number of hydrogen-bond donors (Lipinski definition) is 2. The minimum absolute atomic E-state index is 0.0704. The highest BCUT2D eigenvalue weighted by atomic mass is 32.1. The van der Waals surface area contributed by atoms with Crippen LogP contribution in [0.1, 0.15) is 47.0 Å². The van der Waals surface area contributed by atoms with Crippen molar-refractivity contribution >= 4 is 40.0 Å². The minimum Gasteiger partial charge on any atom is -0.444 e. The van der Waals surface area contributed by atoms with Crippen molar-refractivity contribution in [3.63, 3.8) is 0 Å². The molecule has 0 unspecified atom stereocenters. The van der Waals surface area contributed by atoms with Crippen LogP contribution in [0.4, 0.5) is 15.6 Å². The fourth-order valence-electron chi connectivity index (χ4n) is 3.28.